The van der Waals surface area contributed by atoms with Gasteiger partial charge in [-0.1, -0.05) is 12.1 Å². The average Bonchev–Trinajstić information content (AvgIpc) is 2.80. The molecule has 3 N–H and O–H groups in total. The number of nitrogens with zero attached hydrogens (tertiary/aromatic N) is 1. The average molecular weight is 469 g/mol. The smallest absolute Gasteiger partial charge is 0.298 e. The van der Waals surface area contributed by atoms with Gasteiger partial charge in [-0.25, -0.2) is 12.8 Å². The largest absolute Gasteiger partial charge is 0.457 e. The maximum absolute atomic E-state index is 13.1. The molecule has 0 heterocycles. The van der Waals surface area contributed by atoms with E-state index < -0.39 is 36.3 Å². The fourth-order valence-corrected chi connectivity index (χ4v) is 3.77. The zero-order valence-corrected chi connectivity index (χ0v) is 17.6. The van der Waals surface area contributed by atoms with Crippen LogP contribution in [0.3, 0.4) is 0 Å². The molecule has 3 aromatic carbocycles. The fourth-order valence-electron chi connectivity index (χ4n) is 2.71. The molecule has 0 atom stereocenters. The molecule has 0 unspecified atom stereocenters. The zero-order chi connectivity index (χ0) is 24.2. The molecule has 9 nitrogen and oxygen atoms in total. The summed E-state index contributed by atoms with van der Waals surface area (Å²) in [5.74, 6) is 0.0936. The SMILES string of the molecule is N=C(/C=C(\N)c1ccccc1Oc1ccc(F)cc1)C(=O)S(=O)(=O)c1ccc([N+](=O)[O-])cc1. The first-order valence-corrected chi connectivity index (χ1v) is 10.7. The summed E-state index contributed by atoms with van der Waals surface area (Å²) in [6, 6.07) is 15.3. The molecule has 168 valence electrons. The van der Waals surface area contributed by atoms with Gasteiger partial charge < -0.3 is 10.5 Å². The van der Waals surface area contributed by atoms with Crippen LogP contribution >= 0.6 is 0 Å². The Balaban J connectivity index is 1.86. The van der Waals surface area contributed by atoms with Crippen molar-refractivity contribution in [3.8, 4) is 11.5 Å². The Labute approximate surface area is 187 Å². The molecule has 0 aromatic heterocycles. The quantitative estimate of drug-likeness (QED) is 0.303. The Kier molecular flexibility index (Phi) is 6.64. The van der Waals surface area contributed by atoms with Crippen LogP contribution in [-0.4, -0.2) is 24.2 Å². The van der Waals surface area contributed by atoms with Crippen molar-refractivity contribution in [1.29, 1.82) is 5.41 Å². The lowest BCUT2D eigenvalue weighted by Crippen LogP contribution is -2.23. The van der Waals surface area contributed by atoms with Gasteiger partial charge in [0.2, 0.25) is 9.84 Å². The molecule has 0 aliphatic rings. The summed E-state index contributed by atoms with van der Waals surface area (Å²) in [4.78, 5) is 22.0. The van der Waals surface area contributed by atoms with Gasteiger partial charge in [0.05, 0.1) is 9.82 Å². The third-order valence-electron chi connectivity index (χ3n) is 4.36. The molecule has 0 bridgehead atoms. The van der Waals surface area contributed by atoms with Crippen molar-refractivity contribution in [2.24, 2.45) is 5.73 Å². The Morgan fingerprint density at radius 2 is 1.64 bits per heavy atom. The predicted octanol–water partition coefficient (Wildman–Crippen LogP) is 3.85. The van der Waals surface area contributed by atoms with Crippen LogP contribution in [0.25, 0.3) is 5.70 Å². The normalized spacial score (nSPS) is 11.6. The first-order valence-electron chi connectivity index (χ1n) is 9.22. The number of benzene rings is 3. The van der Waals surface area contributed by atoms with Gasteiger partial charge >= 0.3 is 0 Å². The van der Waals surface area contributed by atoms with Crippen molar-refractivity contribution < 1.29 is 27.3 Å². The number of hydrogen-bond acceptors (Lipinski definition) is 8. The van der Waals surface area contributed by atoms with Gasteiger partial charge in [0, 0.05) is 23.4 Å². The highest BCUT2D eigenvalue weighted by Crippen LogP contribution is 2.28. The molecule has 11 heteroatoms. The number of non-ortho nitro benzene ring substituents is 1. The molecular formula is C22H16FN3O6S. The number of allylic oxidation sites excluding steroid dienone is 1. The van der Waals surface area contributed by atoms with E-state index in [9.17, 15) is 27.7 Å². The lowest BCUT2D eigenvalue weighted by Gasteiger charge is -2.11. The van der Waals surface area contributed by atoms with E-state index in [2.05, 4.69) is 0 Å². The van der Waals surface area contributed by atoms with Crippen LogP contribution in [0.5, 0.6) is 11.5 Å². The van der Waals surface area contributed by atoms with Gasteiger partial charge in [0.25, 0.3) is 10.8 Å². The molecule has 33 heavy (non-hydrogen) atoms. The van der Waals surface area contributed by atoms with E-state index in [4.69, 9.17) is 15.9 Å². The summed E-state index contributed by atoms with van der Waals surface area (Å²) in [6.07, 6.45) is 0.873. The number of nitrogens with two attached hydrogens (primary N) is 1. The molecule has 0 aliphatic carbocycles. The van der Waals surface area contributed by atoms with E-state index in [0.717, 1.165) is 30.3 Å². The van der Waals surface area contributed by atoms with Crippen molar-refractivity contribution in [3.63, 3.8) is 0 Å². The summed E-state index contributed by atoms with van der Waals surface area (Å²) in [7, 11) is -4.62. The van der Waals surface area contributed by atoms with Crippen molar-refractivity contribution in [2.45, 2.75) is 4.90 Å². The van der Waals surface area contributed by atoms with E-state index in [-0.39, 0.29) is 22.7 Å². The standard InChI is InChI=1S/C22H16FN3O6S/c23-14-5-9-16(10-6-14)32-21-4-2-1-3-18(21)19(24)13-20(25)22(27)33(30,31)17-11-7-15(8-12-17)26(28)29/h1-13,25H,24H2/b19-13-,25-20?. The van der Waals surface area contributed by atoms with Gasteiger partial charge in [-0.15, -0.1) is 0 Å². The Bertz CT molecular complexity index is 1370. The highest BCUT2D eigenvalue weighted by atomic mass is 32.2. The molecule has 3 aromatic rings. The number of para-hydroxylation sites is 1. The van der Waals surface area contributed by atoms with E-state index in [1.165, 1.54) is 30.3 Å². The minimum atomic E-state index is -4.62. The van der Waals surface area contributed by atoms with E-state index in [0.29, 0.717) is 5.75 Å². The minimum Gasteiger partial charge on any atom is -0.457 e. The second-order valence-electron chi connectivity index (χ2n) is 6.61. The van der Waals surface area contributed by atoms with Gasteiger partial charge in [-0.05, 0) is 54.6 Å². The maximum Gasteiger partial charge on any atom is 0.298 e. The summed E-state index contributed by atoms with van der Waals surface area (Å²) in [5, 5.41) is 17.1. The number of nitro benzene ring substituents is 1. The van der Waals surface area contributed by atoms with Crippen LogP contribution in [0.4, 0.5) is 10.1 Å². The van der Waals surface area contributed by atoms with Gasteiger partial charge in [-0.2, -0.15) is 0 Å². The van der Waals surface area contributed by atoms with Crippen molar-refractivity contribution in [3.05, 3.63) is 100 Å². The topological polar surface area (TPSA) is 153 Å². The summed E-state index contributed by atoms with van der Waals surface area (Å²) < 4.78 is 43.8. The molecule has 0 amide bonds. The third kappa shape index (κ3) is 5.28. The van der Waals surface area contributed by atoms with Crippen molar-refractivity contribution in [1.82, 2.24) is 0 Å². The summed E-state index contributed by atoms with van der Waals surface area (Å²) in [6.45, 7) is 0. The Hall–Kier alpha value is -4.38. The zero-order valence-electron chi connectivity index (χ0n) is 16.8. The van der Waals surface area contributed by atoms with Crippen LogP contribution in [0.15, 0.2) is 83.8 Å². The van der Waals surface area contributed by atoms with Crippen molar-refractivity contribution >= 4 is 32.0 Å². The number of hydrogen-bond donors (Lipinski definition) is 2. The van der Waals surface area contributed by atoms with E-state index in [1.54, 1.807) is 18.2 Å². The molecule has 0 saturated heterocycles. The van der Waals surface area contributed by atoms with Crippen LogP contribution in [0, 0.1) is 21.3 Å². The van der Waals surface area contributed by atoms with Gasteiger partial charge in [0.1, 0.15) is 23.0 Å². The first-order chi connectivity index (χ1) is 15.6. The molecular weight excluding hydrogens is 453 g/mol. The minimum absolute atomic E-state index is 0.120. The lowest BCUT2D eigenvalue weighted by molar-refractivity contribution is -0.384. The highest BCUT2D eigenvalue weighted by molar-refractivity contribution is 8.08. The van der Waals surface area contributed by atoms with E-state index >= 15 is 0 Å². The number of halogens is 1. The number of nitrogens with one attached hydrogen (secondary N) is 1. The lowest BCUT2D eigenvalue weighted by atomic mass is 10.1. The fraction of sp³-hybridized carbons (Fsp3) is 0. The second kappa shape index (κ2) is 9.40. The molecule has 0 radical (unpaired) electrons. The Morgan fingerprint density at radius 3 is 2.24 bits per heavy atom. The molecule has 0 aliphatic heterocycles. The summed E-state index contributed by atoms with van der Waals surface area (Å²) >= 11 is 0. The molecule has 0 fully saturated rings. The molecule has 0 saturated carbocycles. The number of ether oxygens (including phenoxy) is 1. The second-order valence-corrected chi connectivity index (χ2v) is 8.46. The van der Waals surface area contributed by atoms with Gasteiger partial charge in [0.15, 0.2) is 0 Å². The maximum atomic E-state index is 13.1. The molecule has 0 spiro atoms. The van der Waals surface area contributed by atoms with E-state index in [1.807, 2.05) is 0 Å². The first kappa shape index (κ1) is 23.3. The Morgan fingerprint density at radius 1 is 1.03 bits per heavy atom. The number of nitro groups is 1. The van der Waals surface area contributed by atoms with Gasteiger partial charge in [-0.3, -0.25) is 20.3 Å². The number of rotatable bonds is 7. The third-order valence-corrected chi connectivity index (χ3v) is 5.96. The number of carbonyl (C=O) groups is 1. The molecule has 3 rings (SSSR count). The van der Waals surface area contributed by atoms with Crippen LogP contribution in [-0.2, 0) is 14.6 Å². The van der Waals surface area contributed by atoms with Crippen LogP contribution in [0.1, 0.15) is 5.56 Å². The number of carbonyl (C=O) groups excluding carboxylic acids is 1. The van der Waals surface area contributed by atoms with Crippen molar-refractivity contribution in [2.75, 3.05) is 0 Å². The summed E-state index contributed by atoms with van der Waals surface area (Å²) in [5.41, 5.74) is 4.89. The highest BCUT2D eigenvalue weighted by Gasteiger charge is 2.28. The predicted molar refractivity (Wildman–Crippen MR) is 118 cm³/mol. The number of sulfone groups is 1. The van der Waals surface area contributed by atoms with Crippen LogP contribution in [0.2, 0.25) is 0 Å². The van der Waals surface area contributed by atoms with Crippen LogP contribution < -0.4 is 10.5 Å². The monoisotopic (exact) mass is 469 g/mol.